The van der Waals surface area contributed by atoms with Crippen LogP contribution in [-0.4, -0.2) is 82.1 Å². The largest absolute Gasteiger partial charge is 0.478 e. The van der Waals surface area contributed by atoms with Crippen molar-refractivity contribution in [3.8, 4) is 5.88 Å². The maximum Gasteiger partial charge on any atom is 0.418 e. The summed E-state index contributed by atoms with van der Waals surface area (Å²) in [7, 11) is 0. The van der Waals surface area contributed by atoms with E-state index in [1.54, 1.807) is 11.8 Å². The summed E-state index contributed by atoms with van der Waals surface area (Å²) in [6.45, 7) is 10.7. The molecule has 3 N–H and O–H groups in total. The molecule has 4 heterocycles. The first-order chi connectivity index (χ1) is 18.3. The van der Waals surface area contributed by atoms with E-state index in [4.69, 9.17) is 20.2 Å². The Kier molecular flexibility index (Phi) is 8.15. The van der Waals surface area contributed by atoms with Crippen LogP contribution in [0.1, 0.15) is 28.8 Å². The molecule has 38 heavy (non-hydrogen) atoms. The zero-order valence-electron chi connectivity index (χ0n) is 21.9. The number of nitrogens with two attached hydrogens (primary N) is 1. The third-order valence-electron chi connectivity index (χ3n) is 7.66. The molecule has 2 saturated heterocycles. The van der Waals surface area contributed by atoms with Gasteiger partial charge < -0.3 is 30.3 Å². The van der Waals surface area contributed by atoms with Crippen molar-refractivity contribution in [1.29, 1.82) is 0 Å². The fraction of sp³-hybridized carbons (Fsp3) is 0.593. The van der Waals surface area contributed by atoms with Crippen molar-refractivity contribution in [2.75, 3.05) is 87.7 Å². The van der Waals surface area contributed by atoms with Crippen LogP contribution in [0.25, 0.3) is 0 Å². The van der Waals surface area contributed by atoms with Crippen molar-refractivity contribution in [1.82, 2.24) is 15.2 Å². The second-order valence-corrected chi connectivity index (χ2v) is 10.1. The Bertz CT molecular complexity index is 1120. The molecular weight excluding hydrogens is 497 g/mol. The molecule has 0 atom stereocenters. The smallest absolute Gasteiger partial charge is 0.418 e. The summed E-state index contributed by atoms with van der Waals surface area (Å²) in [6.07, 6.45) is -3.01. The summed E-state index contributed by atoms with van der Waals surface area (Å²) in [5, 5.41) is 3.38. The Morgan fingerprint density at radius 3 is 2.58 bits per heavy atom. The lowest BCUT2D eigenvalue weighted by molar-refractivity contribution is -0.137. The van der Waals surface area contributed by atoms with Crippen molar-refractivity contribution >= 4 is 17.1 Å². The average Bonchev–Trinajstić information content (AvgIpc) is 2.92. The lowest BCUT2D eigenvalue weighted by Crippen LogP contribution is -2.44. The number of aromatic nitrogens is 1. The molecule has 1 aromatic heterocycles. The number of morpholine rings is 1. The second kappa shape index (κ2) is 11.5. The van der Waals surface area contributed by atoms with Crippen LogP contribution >= 0.6 is 0 Å². The second-order valence-electron chi connectivity index (χ2n) is 10.1. The molecule has 0 amide bonds. The van der Waals surface area contributed by atoms with Gasteiger partial charge in [-0.25, -0.2) is 4.98 Å². The molecule has 8 nitrogen and oxygen atoms in total. The fourth-order valence-corrected chi connectivity index (χ4v) is 5.59. The number of benzene rings is 1. The van der Waals surface area contributed by atoms with E-state index in [0.29, 0.717) is 36.7 Å². The van der Waals surface area contributed by atoms with E-state index in [1.165, 1.54) is 6.07 Å². The molecule has 3 aliphatic rings. The van der Waals surface area contributed by atoms with Crippen molar-refractivity contribution in [2.24, 2.45) is 0 Å². The van der Waals surface area contributed by atoms with Gasteiger partial charge in [-0.05, 0) is 37.5 Å². The highest BCUT2D eigenvalue weighted by Crippen LogP contribution is 2.42. The first-order valence-electron chi connectivity index (χ1n) is 13.4. The van der Waals surface area contributed by atoms with Crippen LogP contribution in [0.15, 0.2) is 18.2 Å². The number of ether oxygens (including phenoxy) is 2. The number of piperazine rings is 1. The van der Waals surface area contributed by atoms with Crippen molar-refractivity contribution < 1.29 is 22.6 Å². The number of pyridine rings is 1. The Balaban J connectivity index is 1.40. The third kappa shape index (κ3) is 5.94. The first kappa shape index (κ1) is 26.8. The minimum Gasteiger partial charge on any atom is -0.478 e. The molecule has 208 valence electrons. The normalized spacial score (nSPS) is 18.9. The topological polar surface area (TPSA) is 79.1 Å². The average molecular weight is 535 g/mol. The van der Waals surface area contributed by atoms with Gasteiger partial charge in [-0.1, -0.05) is 0 Å². The minimum atomic E-state index is -4.47. The van der Waals surface area contributed by atoms with Gasteiger partial charge in [0.2, 0.25) is 5.88 Å². The highest BCUT2D eigenvalue weighted by Gasteiger charge is 2.37. The Labute approximate surface area is 221 Å². The van der Waals surface area contributed by atoms with Gasteiger partial charge in [0.15, 0.2) is 0 Å². The molecule has 0 radical (unpaired) electrons. The SMILES string of the molecule is Cc1c(N)ccc(C(F)(F)F)c1N1CCc2c(N3CCNCC3)cc(OCCCN3CCOCC3)nc2C1. The molecule has 2 aromatic rings. The van der Waals surface area contributed by atoms with E-state index in [1.807, 2.05) is 6.07 Å². The molecule has 11 heteroatoms. The van der Waals surface area contributed by atoms with Gasteiger partial charge in [-0.2, -0.15) is 13.2 Å². The van der Waals surface area contributed by atoms with Crippen LogP contribution in [0.2, 0.25) is 0 Å². The number of alkyl halides is 3. The first-order valence-corrected chi connectivity index (χ1v) is 13.4. The molecule has 0 bridgehead atoms. The Morgan fingerprint density at radius 1 is 1.08 bits per heavy atom. The standard InChI is InChI=1S/C27H37F3N6O2/c1-19-22(31)4-3-21(27(28,29)30)26(19)36-9-5-20-23(18-36)33-25(17-24(20)35-10-6-32-7-11-35)38-14-2-8-34-12-15-37-16-13-34/h3-4,17,32H,2,5-16,18,31H2,1H3. The van der Waals surface area contributed by atoms with Gasteiger partial charge in [0.1, 0.15) is 0 Å². The quantitative estimate of drug-likeness (QED) is 0.415. The van der Waals surface area contributed by atoms with Crippen molar-refractivity contribution in [2.45, 2.75) is 32.5 Å². The predicted octanol–water partition coefficient (Wildman–Crippen LogP) is 3.06. The number of halogens is 3. The van der Waals surface area contributed by atoms with Crippen molar-refractivity contribution in [3.63, 3.8) is 0 Å². The molecule has 0 saturated carbocycles. The summed E-state index contributed by atoms with van der Waals surface area (Å²) in [5.41, 5.74) is 9.28. The molecule has 0 spiro atoms. The number of hydrogen-bond donors (Lipinski definition) is 2. The van der Waals surface area contributed by atoms with Gasteiger partial charge in [0, 0.05) is 75.4 Å². The molecule has 0 unspecified atom stereocenters. The fourth-order valence-electron chi connectivity index (χ4n) is 5.59. The Morgan fingerprint density at radius 2 is 1.84 bits per heavy atom. The molecule has 3 aliphatic heterocycles. The molecule has 5 rings (SSSR count). The molecule has 0 aliphatic carbocycles. The highest BCUT2D eigenvalue weighted by atomic mass is 19.4. The maximum absolute atomic E-state index is 14.0. The third-order valence-corrected chi connectivity index (χ3v) is 7.66. The minimum absolute atomic E-state index is 0.144. The number of nitrogen functional groups attached to an aromatic ring is 1. The van der Waals surface area contributed by atoms with Crippen LogP contribution in [0, 0.1) is 6.92 Å². The van der Waals surface area contributed by atoms with Crippen molar-refractivity contribution in [3.05, 3.63) is 40.6 Å². The van der Waals surface area contributed by atoms with E-state index in [0.717, 1.165) is 88.5 Å². The Hall–Kier alpha value is -2.76. The van der Waals surface area contributed by atoms with Crippen LogP contribution < -0.4 is 25.6 Å². The number of nitrogens with zero attached hydrogens (tertiary/aromatic N) is 4. The van der Waals surface area contributed by atoms with E-state index in [-0.39, 0.29) is 12.2 Å². The van der Waals surface area contributed by atoms with E-state index in [9.17, 15) is 13.2 Å². The van der Waals surface area contributed by atoms with E-state index >= 15 is 0 Å². The highest BCUT2D eigenvalue weighted by molar-refractivity contribution is 5.70. The number of nitrogens with one attached hydrogen (secondary N) is 1. The monoisotopic (exact) mass is 534 g/mol. The number of rotatable bonds is 7. The van der Waals surface area contributed by atoms with Gasteiger partial charge in [-0.3, -0.25) is 4.90 Å². The van der Waals surface area contributed by atoms with Gasteiger partial charge in [-0.15, -0.1) is 0 Å². The van der Waals surface area contributed by atoms with Crippen LogP contribution in [-0.2, 0) is 23.9 Å². The van der Waals surface area contributed by atoms with Crippen LogP contribution in [0.3, 0.4) is 0 Å². The lowest BCUT2D eigenvalue weighted by Gasteiger charge is -2.37. The molecule has 2 fully saturated rings. The maximum atomic E-state index is 14.0. The molecular formula is C27H37F3N6O2. The summed E-state index contributed by atoms with van der Waals surface area (Å²) in [4.78, 5) is 11.3. The predicted molar refractivity (Wildman–Crippen MR) is 142 cm³/mol. The lowest BCUT2D eigenvalue weighted by atomic mass is 9.98. The van der Waals surface area contributed by atoms with E-state index < -0.39 is 11.7 Å². The summed E-state index contributed by atoms with van der Waals surface area (Å²) >= 11 is 0. The van der Waals surface area contributed by atoms with Crippen LogP contribution in [0.4, 0.5) is 30.2 Å². The summed E-state index contributed by atoms with van der Waals surface area (Å²) < 4.78 is 53.4. The summed E-state index contributed by atoms with van der Waals surface area (Å²) in [5.74, 6) is 0.529. The summed E-state index contributed by atoms with van der Waals surface area (Å²) in [6, 6.07) is 4.44. The number of anilines is 3. The van der Waals surface area contributed by atoms with Gasteiger partial charge in [0.05, 0.1) is 43.3 Å². The molecule has 1 aromatic carbocycles. The number of fused-ring (bicyclic) bond motifs is 1. The zero-order chi connectivity index (χ0) is 26.7. The van der Waals surface area contributed by atoms with Gasteiger partial charge >= 0.3 is 6.18 Å². The van der Waals surface area contributed by atoms with E-state index in [2.05, 4.69) is 15.1 Å². The van der Waals surface area contributed by atoms with Crippen LogP contribution in [0.5, 0.6) is 5.88 Å². The zero-order valence-corrected chi connectivity index (χ0v) is 21.9. The van der Waals surface area contributed by atoms with Gasteiger partial charge in [0.25, 0.3) is 0 Å². The number of hydrogen-bond acceptors (Lipinski definition) is 8.